The van der Waals surface area contributed by atoms with E-state index in [2.05, 4.69) is 5.32 Å². The molecule has 18 heavy (non-hydrogen) atoms. The molecule has 4 nitrogen and oxygen atoms in total. The molecule has 0 aromatic carbocycles. The quantitative estimate of drug-likeness (QED) is 0.802. The van der Waals surface area contributed by atoms with E-state index in [0.717, 1.165) is 25.8 Å². The molecule has 0 bridgehead atoms. The van der Waals surface area contributed by atoms with E-state index in [1.807, 2.05) is 0 Å². The predicted molar refractivity (Wildman–Crippen MR) is 72.2 cm³/mol. The van der Waals surface area contributed by atoms with Crippen molar-refractivity contribution in [3.63, 3.8) is 0 Å². The molecule has 106 valence electrons. The Labute approximate surface area is 110 Å². The Kier molecular flexibility index (Phi) is 5.04. The highest BCUT2D eigenvalue weighted by Gasteiger charge is 2.27. The molecule has 5 heteroatoms. The Balaban J connectivity index is 1.74. The minimum Gasteiger partial charge on any atom is -0.396 e. The average Bonchev–Trinajstić information content (AvgIpc) is 2.38. The molecule has 0 aromatic heterocycles. The molecule has 1 heterocycles. The highest BCUT2D eigenvalue weighted by molar-refractivity contribution is 7.91. The van der Waals surface area contributed by atoms with E-state index in [0.29, 0.717) is 36.0 Å². The minimum atomic E-state index is -2.75. The van der Waals surface area contributed by atoms with Gasteiger partial charge in [-0.05, 0) is 44.1 Å². The molecule has 2 aliphatic rings. The second-order valence-corrected chi connectivity index (χ2v) is 8.13. The summed E-state index contributed by atoms with van der Waals surface area (Å²) < 4.78 is 22.7. The number of aliphatic hydroxyl groups excluding tert-OH is 1. The Morgan fingerprint density at radius 3 is 2.22 bits per heavy atom. The first-order valence-corrected chi connectivity index (χ1v) is 8.97. The van der Waals surface area contributed by atoms with E-state index in [9.17, 15) is 13.5 Å². The lowest BCUT2D eigenvalue weighted by Crippen LogP contribution is -2.42. The highest BCUT2D eigenvalue weighted by atomic mass is 32.2. The summed E-state index contributed by atoms with van der Waals surface area (Å²) in [6.07, 6.45) is 6.34. The van der Waals surface area contributed by atoms with Gasteiger partial charge >= 0.3 is 0 Å². The average molecular weight is 275 g/mol. The van der Waals surface area contributed by atoms with Crippen LogP contribution in [0.4, 0.5) is 0 Å². The van der Waals surface area contributed by atoms with E-state index in [1.54, 1.807) is 0 Å². The fourth-order valence-corrected chi connectivity index (χ4v) is 4.70. The van der Waals surface area contributed by atoms with Crippen LogP contribution in [0.1, 0.15) is 38.5 Å². The number of hydrogen-bond donors (Lipinski definition) is 2. The molecule has 2 atom stereocenters. The second-order valence-electron chi connectivity index (χ2n) is 5.82. The molecule has 1 saturated heterocycles. The largest absolute Gasteiger partial charge is 0.396 e. The lowest BCUT2D eigenvalue weighted by molar-refractivity contribution is 0.130. The zero-order valence-corrected chi connectivity index (χ0v) is 11.8. The van der Waals surface area contributed by atoms with Gasteiger partial charge in [-0.15, -0.1) is 0 Å². The van der Waals surface area contributed by atoms with Crippen LogP contribution in [0.25, 0.3) is 0 Å². The summed E-state index contributed by atoms with van der Waals surface area (Å²) >= 11 is 0. The smallest absolute Gasteiger partial charge is 0.150 e. The van der Waals surface area contributed by atoms with Gasteiger partial charge in [-0.25, -0.2) is 8.42 Å². The van der Waals surface area contributed by atoms with E-state index >= 15 is 0 Å². The monoisotopic (exact) mass is 275 g/mol. The fraction of sp³-hybridized carbons (Fsp3) is 1.00. The number of aliphatic hydroxyl groups is 1. The van der Waals surface area contributed by atoms with Gasteiger partial charge in [0.05, 0.1) is 11.5 Å². The van der Waals surface area contributed by atoms with E-state index < -0.39 is 9.84 Å². The van der Waals surface area contributed by atoms with Crippen molar-refractivity contribution in [1.82, 2.24) is 5.32 Å². The van der Waals surface area contributed by atoms with Crippen molar-refractivity contribution >= 4 is 9.84 Å². The lowest BCUT2D eigenvalue weighted by Gasteiger charge is -2.32. The van der Waals surface area contributed by atoms with Gasteiger partial charge in [0.15, 0.2) is 0 Å². The summed E-state index contributed by atoms with van der Waals surface area (Å²) in [6.45, 7) is 1.24. The normalized spacial score (nSPS) is 33.4. The molecule has 1 aliphatic heterocycles. The van der Waals surface area contributed by atoms with Crippen molar-refractivity contribution in [3.8, 4) is 0 Å². The molecule has 2 rings (SSSR count). The van der Waals surface area contributed by atoms with Crippen LogP contribution in [0.15, 0.2) is 0 Å². The molecular weight excluding hydrogens is 250 g/mol. The molecule has 0 aromatic rings. The van der Waals surface area contributed by atoms with Crippen LogP contribution in [0, 0.1) is 11.8 Å². The van der Waals surface area contributed by atoms with Gasteiger partial charge in [0, 0.05) is 12.6 Å². The Morgan fingerprint density at radius 2 is 1.61 bits per heavy atom. The third-order valence-electron chi connectivity index (χ3n) is 4.52. The van der Waals surface area contributed by atoms with Gasteiger partial charge in [-0.3, -0.25) is 0 Å². The lowest BCUT2D eigenvalue weighted by atomic mass is 9.79. The van der Waals surface area contributed by atoms with E-state index in [-0.39, 0.29) is 0 Å². The predicted octanol–water partition coefficient (Wildman–Crippen LogP) is 0.952. The van der Waals surface area contributed by atoms with Gasteiger partial charge in [0.2, 0.25) is 0 Å². The summed E-state index contributed by atoms with van der Waals surface area (Å²) in [5.41, 5.74) is 0. The molecule has 2 fully saturated rings. The SMILES string of the molecule is O=S1(=O)CCC(NCC2CCCCC2CO)CC1. The first-order valence-electron chi connectivity index (χ1n) is 7.15. The van der Waals surface area contributed by atoms with Crippen LogP contribution < -0.4 is 5.32 Å². The van der Waals surface area contributed by atoms with Crippen LogP contribution in [-0.4, -0.2) is 44.2 Å². The zero-order valence-electron chi connectivity index (χ0n) is 11.0. The number of nitrogens with one attached hydrogen (secondary N) is 1. The number of rotatable bonds is 4. The highest BCUT2D eigenvalue weighted by Crippen LogP contribution is 2.29. The topological polar surface area (TPSA) is 66.4 Å². The zero-order chi connectivity index (χ0) is 13.0. The van der Waals surface area contributed by atoms with E-state index in [1.165, 1.54) is 19.3 Å². The summed E-state index contributed by atoms with van der Waals surface area (Å²) in [5.74, 6) is 1.68. The van der Waals surface area contributed by atoms with Gasteiger partial charge in [-0.2, -0.15) is 0 Å². The Hall–Kier alpha value is -0.130. The third-order valence-corrected chi connectivity index (χ3v) is 6.24. The van der Waals surface area contributed by atoms with Crippen LogP contribution in [0.3, 0.4) is 0 Å². The Bertz CT molecular complexity index is 341. The maximum absolute atomic E-state index is 11.3. The first kappa shape index (κ1) is 14.3. The van der Waals surface area contributed by atoms with Crippen LogP contribution in [0.5, 0.6) is 0 Å². The van der Waals surface area contributed by atoms with Crippen molar-refractivity contribution in [2.75, 3.05) is 24.7 Å². The molecular formula is C13H25NO3S. The first-order chi connectivity index (χ1) is 8.61. The van der Waals surface area contributed by atoms with Crippen molar-refractivity contribution in [2.45, 2.75) is 44.6 Å². The molecule has 2 unspecified atom stereocenters. The van der Waals surface area contributed by atoms with Crippen molar-refractivity contribution < 1.29 is 13.5 Å². The maximum atomic E-state index is 11.3. The van der Waals surface area contributed by atoms with Gasteiger partial charge < -0.3 is 10.4 Å². The van der Waals surface area contributed by atoms with Crippen LogP contribution >= 0.6 is 0 Å². The Morgan fingerprint density at radius 1 is 1.00 bits per heavy atom. The van der Waals surface area contributed by atoms with Crippen molar-refractivity contribution in [2.24, 2.45) is 11.8 Å². The molecule has 1 aliphatic carbocycles. The molecule has 2 N–H and O–H groups in total. The summed E-state index contributed by atoms with van der Waals surface area (Å²) in [4.78, 5) is 0. The molecule has 0 radical (unpaired) electrons. The second kappa shape index (κ2) is 6.35. The van der Waals surface area contributed by atoms with Crippen LogP contribution in [-0.2, 0) is 9.84 Å². The molecule has 0 spiro atoms. The number of hydrogen-bond acceptors (Lipinski definition) is 4. The van der Waals surface area contributed by atoms with E-state index in [4.69, 9.17) is 0 Å². The van der Waals surface area contributed by atoms with Crippen molar-refractivity contribution in [1.29, 1.82) is 0 Å². The number of sulfone groups is 1. The van der Waals surface area contributed by atoms with Gasteiger partial charge in [-0.1, -0.05) is 12.8 Å². The summed E-state index contributed by atoms with van der Waals surface area (Å²) in [6, 6.07) is 0.356. The molecule has 1 saturated carbocycles. The summed E-state index contributed by atoms with van der Waals surface area (Å²) in [5, 5.41) is 12.9. The van der Waals surface area contributed by atoms with Gasteiger partial charge in [0.1, 0.15) is 9.84 Å². The van der Waals surface area contributed by atoms with Gasteiger partial charge in [0.25, 0.3) is 0 Å². The standard InChI is InChI=1S/C13H25NO3S/c15-10-12-4-2-1-3-11(12)9-14-13-5-7-18(16,17)8-6-13/h11-15H,1-10H2. The molecule has 0 amide bonds. The summed E-state index contributed by atoms with van der Waals surface area (Å²) in [7, 11) is -2.75. The maximum Gasteiger partial charge on any atom is 0.150 e. The minimum absolute atomic E-state index is 0.297. The van der Waals surface area contributed by atoms with Crippen LogP contribution in [0.2, 0.25) is 0 Å². The third kappa shape index (κ3) is 3.93. The fourth-order valence-electron chi connectivity index (χ4n) is 3.21. The van der Waals surface area contributed by atoms with Crippen molar-refractivity contribution in [3.05, 3.63) is 0 Å².